The number of hydrogen-bond donors (Lipinski definition) is 2. The number of nitrogens with zero attached hydrogens (tertiary/aromatic N) is 2. The predicted molar refractivity (Wildman–Crippen MR) is 82.2 cm³/mol. The first-order valence-corrected chi connectivity index (χ1v) is 7.16. The molecule has 0 aliphatic heterocycles. The molecule has 1 saturated carbocycles. The fourth-order valence-corrected chi connectivity index (χ4v) is 2.35. The lowest BCUT2D eigenvalue weighted by Gasteiger charge is -2.23. The number of rotatable bonds is 3. The highest BCUT2D eigenvalue weighted by Gasteiger charge is 2.38. The van der Waals surface area contributed by atoms with Crippen LogP contribution in [0, 0.1) is 0 Å². The monoisotopic (exact) mass is 316 g/mol. The van der Waals surface area contributed by atoms with E-state index in [4.69, 9.17) is 10.3 Å². The number of carbonyl (C=O) groups excluding carboxylic acids is 1. The Morgan fingerprint density at radius 1 is 1.38 bits per heavy atom. The first-order valence-electron chi connectivity index (χ1n) is 7.16. The highest BCUT2D eigenvalue weighted by molar-refractivity contribution is 5.86. The molecule has 1 atom stereocenters. The van der Waals surface area contributed by atoms with Gasteiger partial charge in [0.2, 0.25) is 11.8 Å². The molecule has 1 aromatic heterocycles. The first kappa shape index (κ1) is 17.9. The van der Waals surface area contributed by atoms with Crippen LogP contribution in [0.25, 0.3) is 0 Å². The van der Waals surface area contributed by atoms with Crippen LogP contribution in [0.3, 0.4) is 0 Å². The summed E-state index contributed by atoms with van der Waals surface area (Å²) in [5.74, 6) is 0.930. The summed E-state index contributed by atoms with van der Waals surface area (Å²) in [6, 6.07) is -0.327. The Bertz CT molecular complexity index is 489. The van der Waals surface area contributed by atoms with E-state index < -0.39 is 5.54 Å². The quantitative estimate of drug-likeness (QED) is 0.891. The molecule has 2 rings (SSSR count). The minimum atomic E-state index is -0.735. The number of nitrogens with one attached hydrogen (secondary N) is 1. The van der Waals surface area contributed by atoms with Crippen molar-refractivity contribution in [1.29, 1.82) is 0 Å². The lowest BCUT2D eigenvalue weighted by Crippen LogP contribution is -2.52. The molecule has 1 aliphatic carbocycles. The van der Waals surface area contributed by atoms with Crippen molar-refractivity contribution in [1.82, 2.24) is 15.5 Å². The van der Waals surface area contributed by atoms with Crippen LogP contribution in [-0.2, 0) is 10.2 Å². The SMILES string of the molecule is CC(NC(=O)C1(N)CCCC1)c1nc(C(C)(C)C)no1.Cl. The molecule has 21 heavy (non-hydrogen) atoms. The molecule has 3 N–H and O–H groups in total. The zero-order valence-corrected chi connectivity index (χ0v) is 13.9. The van der Waals surface area contributed by atoms with Gasteiger partial charge in [0, 0.05) is 5.41 Å². The summed E-state index contributed by atoms with van der Waals surface area (Å²) in [5.41, 5.74) is 5.22. The van der Waals surface area contributed by atoms with Crippen molar-refractivity contribution < 1.29 is 9.32 Å². The minimum Gasteiger partial charge on any atom is -0.343 e. The number of nitrogens with two attached hydrogens (primary N) is 1. The Hall–Kier alpha value is -1.14. The van der Waals surface area contributed by atoms with Gasteiger partial charge in [0.15, 0.2) is 5.82 Å². The molecule has 6 nitrogen and oxygen atoms in total. The van der Waals surface area contributed by atoms with E-state index in [1.807, 2.05) is 27.7 Å². The van der Waals surface area contributed by atoms with Crippen molar-refractivity contribution in [3.05, 3.63) is 11.7 Å². The Morgan fingerprint density at radius 3 is 2.43 bits per heavy atom. The van der Waals surface area contributed by atoms with Crippen LogP contribution in [0.2, 0.25) is 0 Å². The van der Waals surface area contributed by atoms with Gasteiger partial charge in [-0.15, -0.1) is 12.4 Å². The van der Waals surface area contributed by atoms with Crippen molar-refractivity contribution >= 4 is 18.3 Å². The summed E-state index contributed by atoms with van der Waals surface area (Å²) in [5, 5.41) is 6.85. The number of amides is 1. The molecule has 1 aromatic rings. The van der Waals surface area contributed by atoms with Gasteiger partial charge >= 0.3 is 0 Å². The largest absolute Gasteiger partial charge is 0.343 e. The van der Waals surface area contributed by atoms with Crippen molar-refractivity contribution in [2.45, 2.75) is 70.4 Å². The van der Waals surface area contributed by atoms with Crippen molar-refractivity contribution in [3.8, 4) is 0 Å². The van der Waals surface area contributed by atoms with Gasteiger partial charge in [0.1, 0.15) is 6.04 Å². The number of halogens is 1. The smallest absolute Gasteiger partial charge is 0.248 e. The van der Waals surface area contributed by atoms with Crippen LogP contribution < -0.4 is 11.1 Å². The maximum absolute atomic E-state index is 12.2. The molecule has 7 heteroatoms. The molecule has 1 unspecified atom stereocenters. The minimum absolute atomic E-state index is 0. The second-order valence-corrected chi connectivity index (χ2v) is 6.76. The van der Waals surface area contributed by atoms with E-state index in [1.54, 1.807) is 0 Å². The average Bonchev–Trinajstić information content (AvgIpc) is 2.96. The Morgan fingerprint density at radius 2 is 1.95 bits per heavy atom. The van der Waals surface area contributed by atoms with Gasteiger partial charge in [0.05, 0.1) is 5.54 Å². The van der Waals surface area contributed by atoms with Crippen molar-refractivity contribution in [2.75, 3.05) is 0 Å². The second-order valence-electron chi connectivity index (χ2n) is 6.76. The number of hydrogen-bond acceptors (Lipinski definition) is 5. The fraction of sp³-hybridized carbons (Fsp3) is 0.786. The summed E-state index contributed by atoms with van der Waals surface area (Å²) < 4.78 is 5.23. The van der Waals surface area contributed by atoms with Crippen LogP contribution in [0.4, 0.5) is 0 Å². The van der Waals surface area contributed by atoms with Gasteiger partial charge in [-0.2, -0.15) is 4.98 Å². The lowest BCUT2D eigenvalue weighted by molar-refractivity contribution is -0.127. The lowest BCUT2D eigenvalue weighted by atomic mass is 9.96. The van der Waals surface area contributed by atoms with E-state index in [2.05, 4.69) is 15.5 Å². The Labute approximate surface area is 131 Å². The van der Waals surface area contributed by atoms with Gasteiger partial charge in [-0.05, 0) is 19.8 Å². The van der Waals surface area contributed by atoms with Gasteiger partial charge < -0.3 is 15.6 Å². The summed E-state index contributed by atoms with van der Waals surface area (Å²) in [6.07, 6.45) is 3.49. The third-order valence-corrected chi connectivity index (χ3v) is 3.78. The molecular formula is C14H25ClN4O2. The van der Waals surface area contributed by atoms with E-state index in [-0.39, 0.29) is 29.8 Å². The third kappa shape index (κ3) is 3.95. The molecule has 1 aliphatic rings. The average molecular weight is 317 g/mol. The first-order chi connectivity index (χ1) is 9.22. The molecule has 0 radical (unpaired) electrons. The van der Waals surface area contributed by atoms with Crippen LogP contribution >= 0.6 is 12.4 Å². The van der Waals surface area contributed by atoms with Crippen LogP contribution in [0.15, 0.2) is 4.52 Å². The maximum atomic E-state index is 12.2. The molecule has 0 spiro atoms. The van der Waals surface area contributed by atoms with Crippen LogP contribution in [0.1, 0.15) is 71.1 Å². The van der Waals surface area contributed by atoms with Crippen molar-refractivity contribution in [2.24, 2.45) is 5.73 Å². The molecule has 0 saturated heterocycles. The summed E-state index contributed by atoms with van der Waals surface area (Å²) in [4.78, 5) is 16.6. The van der Waals surface area contributed by atoms with Crippen LogP contribution in [0.5, 0.6) is 0 Å². The van der Waals surface area contributed by atoms with Crippen LogP contribution in [-0.4, -0.2) is 21.6 Å². The van der Waals surface area contributed by atoms with Gasteiger partial charge in [-0.25, -0.2) is 0 Å². The molecule has 120 valence electrons. The number of carbonyl (C=O) groups is 1. The number of aromatic nitrogens is 2. The molecule has 1 amide bonds. The maximum Gasteiger partial charge on any atom is 0.248 e. The molecule has 1 heterocycles. The highest BCUT2D eigenvalue weighted by Crippen LogP contribution is 2.28. The van der Waals surface area contributed by atoms with Crippen molar-refractivity contribution in [3.63, 3.8) is 0 Å². The van der Waals surface area contributed by atoms with E-state index in [0.29, 0.717) is 11.7 Å². The van der Waals surface area contributed by atoms with E-state index in [1.165, 1.54) is 0 Å². The Balaban J connectivity index is 0.00000220. The fourth-order valence-electron chi connectivity index (χ4n) is 2.35. The Kier molecular flexibility index (Phi) is 5.39. The van der Waals surface area contributed by atoms with E-state index in [9.17, 15) is 4.79 Å². The predicted octanol–water partition coefficient (Wildman–Crippen LogP) is 2.24. The normalized spacial score (nSPS) is 18.9. The molecule has 0 bridgehead atoms. The zero-order chi connectivity index (χ0) is 15.0. The standard InChI is InChI=1S/C14H24N4O2.ClH/c1-9(10-17-11(18-20-10)13(2,3)4)16-12(19)14(15)7-5-6-8-14;/h9H,5-8,15H2,1-4H3,(H,16,19);1H. The highest BCUT2D eigenvalue weighted by atomic mass is 35.5. The van der Waals surface area contributed by atoms with Gasteiger partial charge in [-0.1, -0.05) is 38.8 Å². The van der Waals surface area contributed by atoms with Gasteiger partial charge in [-0.3, -0.25) is 4.79 Å². The third-order valence-electron chi connectivity index (χ3n) is 3.78. The topological polar surface area (TPSA) is 94.0 Å². The molecular weight excluding hydrogens is 292 g/mol. The molecule has 0 aromatic carbocycles. The summed E-state index contributed by atoms with van der Waals surface area (Å²) in [7, 11) is 0. The molecule has 1 fully saturated rings. The summed E-state index contributed by atoms with van der Waals surface area (Å²) in [6.45, 7) is 7.87. The zero-order valence-electron chi connectivity index (χ0n) is 13.1. The van der Waals surface area contributed by atoms with Gasteiger partial charge in [0.25, 0.3) is 0 Å². The van der Waals surface area contributed by atoms with E-state index in [0.717, 1.165) is 25.7 Å². The second kappa shape index (κ2) is 6.32. The summed E-state index contributed by atoms with van der Waals surface area (Å²) >= 11 is 0. The van der Waals surface area contributed by atoms with E-state index >= 15 is 0 Å².